The normalized spacial score (nSPS) is 13.3. The van der Waals surface area contributed by atoms with Crippen molar-refractivity contribution in [2.45, 2.75) is 32.3 Å². The first kappa shape index (κ1) is 13.4. The van der Waals surface area contributed by atoms with Gasteiger partial charge in [0.25, 0.3) is 0 Å². The number of methoxy groups -OCH3 is 2. The van der Waals surface area contributed by atoms with Crippen molar-refractivity contribution in [3.8, 4) is 0 Å². The van der Waals surface area contributed by atoms with E-state index in [1.165, 1.54) is 0 Å². The van der Waals surface area contributed by atoms with E-state index >= 15 is 0 Å². The van der Waals surface area contributed by atoms with E-state index in [0.29, 0.717) is 19.0 Å². The molecule has 0 heterocycles. The maximum absolute atomic E-state index is 5.89. The summed E-state index contributed by atoms with van der Waals surface area (Å²) in [6.07, 6.45) is 1.67. The first-order valence-electron chi connectivity index (χ1n) is 5.01. The molecule has 0 spiro atoms. The molecule has 0 aromatic carbocycles. The predicted molar refractivity (Wildman–Crippen MR) is 58.7 cm³/mol. The molecule has 0 radical (unpaired) electrons. The van der Waals surface area contributed by atoms with Gasteiger partial charge in [0.15, 0.2) is 0 Å². The Morgan fingerprint density at radius 3 is 2.21 bits per heavy atom. The molecule has 0 atom stereocenters. The minimum atomic E-state index is -0.395. The molecule has 0 aliphatic rings. The van der Waals surface area contributed by atoms with Gasteiger partial charge in [-0.05, 0) is 12.8 Å². The Kier molecular flexibility index (Phi) is 6.49. The number of rotatable bonds is 7. The number of nitrogens with two attached hydrogens (primary N) is 1. The molecule has 0 saturated carbocycles. The van der Waals surface area contributed by atoms with Crippen LogP contribution >= 0.6 is 0 Å². The van der Waals surface area contributed by atoms with Crippen LogP contribution in [0.15, 0.2) is 4.99 Å². The van der Waals surface area contributed by atoms with Crippen molar-refractivity contribution >= 4 is 5.84 Å². The van der Waals surface area contributed by atoms with Crippen LogP contribution in [0.5, 0.6) is 0 Å². The number of nitrogens with zero attached hydrogens (tertiary/aromatic N) is 1. The van der Waals surface area contributed by atoms with Crippen molar-refractivity contribution in [3.05, 3.63) is 0 Å². The summed E-state index contributed by atoms with van der Waals surface area (Å²) in [5.41, 5.74) is 5.50. The topological polar surface area (TPSA) is 56.8 Å². The Hall–Kier alpha value is -0.610. The van der Waals surface area contributed by atoms with E-state index < -0.39 is 5.60 Å². The fraction of sp³-hybridized carbons (Fsp3) is 0.900. The van der Waals surface area contributed by atoms with E-state index in [1.54, 1.807) is 14.2 Å². The predicted octanol–water partition coefficient (Wildman–Crippen LogP) is 1.20. The second-order valence-electron chi connectivity index (χ2n) is 3.17. The number of amidine groups is 1. The van der Waals surface area contributed by atoms with Gasteiger partial charge in [0.1, 0.15) is 11.4 Å². The zero-order valence-electron chi connectivity index (χ0n) is 9.67. The lowest BCUT2D eigenvalue weighted by Gasteiger charge is -2.29. The molecule has 0 amide bonds. The lowest BCUT2D eigenvalue weighted by atomic mass is 9.96. The molecule has 4 nitrogen and oxygen atoms in total. The van der Waals surface area contributed by atoms with E-state index in [9.17, 15) is 0 Å². The third-order valence-electron chi connectivity index (χ3n) is 2.58. The molecular weight excluding hydrogens is 180 g/mol. The van der Waals surface area contributed by atoms with Crippen LogP contribution < -0.4 is 5.73 Å². The van der Waals surface area contributed by atoms with Crippen LogP contribution in [-0.4, -0.2) is 38.8 Å². The highest BCUT2D eigenvalue weighted by atomic mass is 16.5. The lowest BCUT2D eigenvalue weighted by Crippen LogP contribution is -2.45. The zero-order valence-corrected chi connectivity index (χ0v) is 9.67. The molecular formula is C10H22N2O2. The summed E-state index contributed by atoms with van der Waals surface area (Å²) in [7, 11) is 3.32. The Morgan fingerprint density at radius 1 is 1.29 bits per heavy atom. The summed E-state index contributed by atoms with van der Waals surface area (Å²) in [5, 5.41) is 0. The van der Waals surface area contributed by atoms with Crippen LogP contribution in [0.4, 0.5) is 0 Å². The monoisotopic (exact) mass is 202 g/mol. The third kappa shape index (κ3) is 3.27. The SMILES string of the molecule is CCC(CC)(OC)C(N)=NCCOC. The minimum Gasteiger partial charge on any atom is -0.385 e. The molecule has 14 heavy (non-hydrogen) atoms. The summed E-state index contributed by atoms with van der Waals surface area (Å²) >= 11 is 0. The smallest absolute Gasteiger partial charge is 0.126 e. The van der Waals surface area contributed by atoms with Gasteiger partial charge in [0, 0.05) is 14.2 Å². The molecule has 0 aliphatic heterocycles. The highest BCUT2D eigenvalue weighted by molar-refractivity contribution is 5.89. The third-order valence-corrected chi connectivity index (χ3v) is 2.58. The van der Waals surface area contributed by atoms with Crippen LogP contribution in [-0.2, 0) is 9.47 Å². The maximum Gasteiger partial charge on any atom is 0.126 e. The Labute approximate surface area is 86.5 Å². The van der Waals surface area contributed by atoms with Crippen LogP contribution in [0.1, 0.15) is 26.7 Å². The fourth-order valence-electron chi connectivity index (χ4n) is 1.41. The van der Waals surface area contributed by atoms with Gasteiger partial charge in [-0.1, -0.05) is 13.8 Å². The molecule has 0 aromatic heterocycles. The van der Waals surface area contributed by atoms with Gasteiger partial charge in [0.05, 0.1) is 13.2 Å². The van der Waals surface area contributed by atoms with Crippen molar-refractivity contribution in [2.24, 2.45) is 10.7 Å². The van der Waals surface area contributed by atoms with Crippen LogP contribution in [0, 0.1) is 0 Å². The summed E-state index contributed by atoms with van der Waals surface area (Å²) < 4.78 is 10.3. The number of aliphatic imine (C=N–C) groups is 1. The summed E-state index contributed by atoms with van der Waals surface area (Å²) in [6, 6.07) is 0. The molecule has 2 N–H and O–H groups in total. The van der Waals surface area contributed by atoms with Crippen LogP contribution in [0.2, 0.25) is 0 Å². The average Bonchev–Trinajstić information content (AvgIpc) is 2.22. The largest absolute Gasteiger partial charge is 0.385 e. The molecule has 4 heteroatoms. The van der Waals surface area contributed by atoms with Crippen LogP contribution in [0.25, 0.3) is 0 Å². The average molecular weight is 202 g/mol. The maximum atomic E-state index is 5.89. The molecule has 0 aliphatic carbocycles. The second-order valence-corrected chi connectivity index (χ2v) is 3.17. The first-order chi connectivity index (χ1) is 6.66. The van der Waals surface area contributed by atoms with Gasteiger partial charge in [-0.2, -0.15) is 0 Å². The summed E-state index contributed by atoms with van der Waals surface area (Å²) in [5.74, 6) is 0.571. The summed E-state index contributed by atoms with van der Waals surface area (Å²) in [4.78, 5) is 4.24. The second kappa shape index (κ2) is 6.79. The molecule has 0 bridgehead atoms. The van der Waals surface area contributed by atoms with Gasteiger partial charge in [-0.15, -0.1) is 0 Å². The van der Waals surface area contributed by atoms with Crippen molar-refractivity contribution in [1.29, 1.82) is 0 Å². The quantitative estimate of drug-likeness (QED) is 0.383. The van der Waals surface area contributed by atoms with Gasteiger partial charge < -0.3 is 15.2 Å². The lowest BCUT2D eigenvalue weighted by molar-refractivity contribution is 0.0421. The first-order valence-corrected chi connectivity index (χ1v) is 5.01. The van der Waals surface area contributed by atoms with Crippen LogP contribution in [0.3, 0.4) is 0 Å². The minimum absolute atomic E-state index is 0.395. The van der Waals surface area contributed by atoms with E-state index in [4.69, 9.17) is 15.2 Å². The van der Waals surface area contributed by atoms with E-state index in [2.05, 4.69) is 4.99 Å². The van der Waals surface area contributed by atoms with Gasteiger partial charge in [-0.3, -0.25) is 4.99 Å². The molecule has 0 rings (SSSR count). The van der Waals surface area contributed by atoms with Crippen molar-refractivity contribution < 1.29 is 9.47 Å². The Bertz CT molecular complexity index is 169. The molecule has 0 aromatic rings. The number of hydrogen-bond acceptors (Lipinski definition) is 3. The van der Waals surface area contributed by atoms with E-state index in [0.717, 1.165) is 12.8 Å². The number of hydrogen-bond donors (Lipinski definition) is 1. The molecule has 84 valence electrons. The van der Waals surface area contributed by atoms with E-state index in [1.807, 2.05) is 13.8 Å². The molecule has 0 fully saturated rings. The number of ether oxygens (including phenoxy) is 2. The zero-order chi connectivity index (χ0) is 11.0. The van der Waals surface area contributed by atoms with E-state index in [-0.39, 0.29) is 0 Å². The Morgan fingerprint density at radius 2 is 1.86 bits per heavy atom. The Balaban J connectivity index is 4.41. The van der Waals surface area contributed by atoms with Crippen molar-refractivity contribution in [3.63, 3.8) is 0 Å². The molecule has 0 saturated heterocycles. The van der Waals surface area contributed by atoms with Gasteiger partial charge >= 0.3 is 0 Å². The van der Waals surface area contributed by atoms with Crippen molar-refractivity contribution in [1.82, 2.24) is 0 Å². The highest BCUT2D eigenvalue weighted by Gasteiger charge is 2.29. The van der Waals surface area contributed by atoms with Crippen molar-refractivity contribution in [2.75, 3.05) is 27.4 Å². The summed E-state index contributed by atoms with van der Waals surface area (Å²) in [6.45, 7) is 5.28. The fourth-order valence-corrected chi connectivity index (χ4v) is 1.41. The van der Waals surface area contributed by atoms with Gasteiger partial charge in [0.2, 0.25) is 0 Å². The molecule has 0 unspecified atom stereocenters. The van der Waals surface area contributed by atoms with Gasteiger partial charge in [-0.25, -0.2) is 0 Å². The standard InChI is InChI=1S/C10H22N2O2/c1-5-10(6-2,14-4)9(11)12-7-8-13-3/h5-8H2,1-4H3,(H2,11,12). The highest BCUT2D eigenvalue weighted by Crippen LogP contribution is 2.19.